The standard InChI is InChI=1S/C18H21NO3/c1-19-8-7-18-11-4-5-13(20)17(18)22-16-14(21-2)6-3-10(15(16)18)9-12(11)19/h3,5-6,11-12,17,20H,4,7-9H2,1-2H3/p+1. The minimum absolute atomic E-state index is 0.0412. The van der Waals surface area contributed by atoms with Gasteiger partial charge in [-0.1, -0.05) is 6.07 Å². The molecule has 1 spiro atoms. The minimum atomic E-state index is -0.216. The highest BCUT2D eigenvalue weighted by Crippen LogP contribution is 2.61. The van der Waals surface area contributed by atoms with Crippen LogP contribution in [0.25, 0.3) is 0 Å². The van der Waals surface area contributed by atoms with Gasteiger partial charge in [-0.05, 0) is 24.1 Å². The molecule has 2 aliphatic heterocycles. The number of allylic oxidation sites excluding steroid dienone is 1. The Morgan fingerprint density at radius 3 is 3.09 bits per heavy atom. The fourth-order valence-electron chi connectivity index (χ4n) is 5.64. The Morgan fingerprint density at radius 1 is 1.41 bits per heavy atom. The second-order valence-corrected chi connectivity index (χ2v) is 7.30. The molecule has 0 amide bonds. The van der Waals surface area contributed by atoms with Crippen LogP contribution in [0.15, 0.2) is 24.0 Å². The molecule has 5 unspecified atom stereocenters. The number of methoxy groups -OCH3 is 1. The maximum atomic E-state index is 10.5. The summed E-state index contributed by atoms with van der Waals surface area (Å²) in [6.45, 7) is 1.14. The van der Waals surface area contributed by atoms with E-state index in [2.05, 4.69) is 13.1 Å². The number of quaternary nitrogens is 1. The molecule has 4 aliphatic rings. The number of rotatable bonds is 1. The van der Waals surface area contributed by atoms with Crippen LogP contribution in [0.1, 0.15) is 24.0 Å². The van der Waals surface area contributed by atoms with E-state index in [-0.39, 0.29) is 11.5 Å². The maximum Gasteiger partial charge on any atom is 0.166 e. The fourth-order valence-corrected chi connectivity index (χ4v) is 5.64. The molecular weight excluding hydrogens is 278 g/mol. The highest BCUT2D eigenvalue weighted by atomic mass is 16.5. The van der Waals surface area contributed by atoms with Crippen LogP contribution < -0.4 is 14.4 Å². The molecule has 0 saturated carbocycles. The average Bonchev–Trinajstić information content (AvgIpc) is 2.88. The fraction of sp³-hybridized carbons (Fsp3) is 0.556. The van der Waals surface area contributed by atoms with E-state index in [1.807, 2.05) is 12.1 Å². The van der Waals surface area contributed by atoms with Crippen LogP contribution in [0, 0.1) is 5.92 Å². The number of hydrogen-bond donors (Lipinski definition) is 2. The van der Waals surface area contributed by atoms with Crippen molar-refractivity contribution in [1.29, 1.82) is 0 Å². The molecule has 0 aromatic heterocycles. The Labute approximate surface area is 130 Å². The molecule has 1 aromatic carbocycles. The van der Waals surface area contributed by atoms with Crippen molar-refractivity contribution >= 4 is 0 Å². The van der Waals surface area contributed by atoms with Crippen LogP contribution in [-0.4, -0.2) is 38.0 Å². The lowest BCUT2D eigenvalue weighted by Crippen LogP contribution is -3.16. The molecule has 2 N–H and O–H groups in total. The van der Waals surface area contributed by atoms with E-state index in [1.165, 1.54) is 11.1 Å². The predicted octanol–water partition coefficient (Wildman–Crippen LogP) is 0.999. The van der Waals surface area contributed by atoms with Crippen LogP contribution in [0.3, 0.4) is 0 Å². The van der Waals surface area contributed by atoms with Crippen molar-refractivity contribution in [3.05, 3.63) is 35.1 Å². The molecule has 1 fully saturated rings. The molecule has 4 nitrogen and oxygen atoms in total. The van der Waals surface area contributed by atoms with E-state index < -0.39 is 0 Å². The van der Waals surface area contributed by atoms with Gasteiger partial charge in [0.1, 0.15) is 5.76 Å². The maximum absolute atomic E-state index is 10.5. The number of likely N-dealkylation sites (tertiary alicyclic amines) is 1. The lowest BCUT2D eigenvalue weighted by Gasteiger charge is -2.54. The van der Waals surface area contributed by atoms with Gasteiger partial charge >= 0.3 is 0 Å². The zero-order valence-electron chi connectivity index (χ0n) is 13.1. The molecule has 5 rings (SSSR count). The van der Waals surface area contributed by atoms with E-state index in [0.29, 0.717) is 17.7 Å². The summed E-state index contributed by atoms with van der Waals surface area (Å²) in [5, 5.41) is 10.5. The number of aliphatic hydroxyl groups is 1. The number of ether oxygens (including phenoxy) is 2. The van der Waals surface area contributed by atoms with Gasteiger partial charge in [-0.15, -0.1) is 0 Å². The smallest absolute Gasteiger partial charge is 0.166 e. The quantitative estimate of drug-likeness (QED) is 0.813. The molecule has 0 radical (unpaired) electrons. The number of nitrogens with one attached hydrogen (secondary N) is 1. The Bertz CT molecular complexity index is 698. The third-order valence-corrected chi connectivity index (χ3v) is 6.60. The Balaban J connectivity index is 1.83. The number of hydrogen-bond acceptors (Lipinski definition) is 3. The molecule has 2 heterocycles. The summed E-state index contributed by atoms with van der Waals surface area (Å²) in [4.78, 5) is 1.62. The summed E-state index contributed by atoms with van der Waals surface area (Å²) in [6, 6.07) is 4.85. The van der Waals surface area contributed by atoms with Gasteiger partial charge in [0.25, 0.3) is 0 Å². The van der Waals surface area contributed by atoms with Gasteiger partial charge < -0.3 is 19.5 Å². The van der Waals surface area contributed by atoms with E-state index in [4.69, 9.17) is 9.47 Å². The molecule has 116 valence electrons. The van der Waals surface area contributed by atoms with Crippen molar-refractivity contribution in [2.75, 3.05) is 20.7 Å². The van der Waals surface area contributed by atoms with Gasteiger partial charge in [0.2, 0.25) is 0 Å². The van der Waals surface area contributed by atoms with Crippen molar-refractivity contribution in [3.8, 4) is 11.5 Å². The van der Waals surface area contributed by atoms with Crippen molar-refractivity contribution in [2.24, 2.45) is 5.92 Å². The topological polar surface area (TPSA) is 43.1 Å². The second-order valence-electron chi connectivity index (χ2n) is 7.30. The highest BCUT2D eigenvalue weighted by molar-refractivity contribution is 5.61. The number of benzene rings is 1. The Hall–Kier alpha value is -1.68. The van der Waals surface area contributed by atoms with Gasteiger partial charge in [-0.25, -0.2) is 0 Å². The van der Waals surface area contributed by atoms with Crippen molar-refractivity contribution in [1.82, 2.24) is 0 Å². The van der Waals surface area contributed by atoms with E-state index in [0.717, 1.165) is 37.3 Å². The largest absolute Gasteiger partial charge is 0.509 e. The van der Waals surface area contributed by atoms with E-state index >= 15 is 0 Å². The first-order chi connectivity index (χ1) is 10.7. The molecular formula is C18H22NO3+. The molecule has 5 atom stereocenters. The third kappa shape index (κ3) is 1.25. The van der Waals surface area contributed by atoms with Gasteiger partial charge in [0.05, 0.1) is 32.2 Å². The first-order valence-corrected chi connectivity index (χ1v) is 8.25. The number of piperidine rings is 1. The molecule has 2 aliphatic carbocycles. The predicted molar refractivity (Wildman–Crippen MR) is 81.8 cm³/mol. The van der Waals surface area contributed by atoms with Gasteiger partial charge in [-0.3, -0.25) is 0 Å². The van der Waals surface area contributed by atoms with Gasteiger partial charge in [-0.2, -0.15) is 0 Å². The summed E-state index contributed by atoms with van der Waals surface area (Å²) in [6.07, 6.45) is 4.92. The lowest BCUT2D eigenvalue weighted by molar-refractivity contribution is -0.918. The minimum Gasteiger partial charge on any atom is -0.509 e. The first-order valence-electron chi connectivity index (χ1n) is 8.25. The van der Waals surface area contributed by atoms with Crippen LogP contribution in [-0.2, 0) is 11.8 Å². The summed E-state index contributed by atoms with van der Waals surface area (Å²) in [5.74, 6) is 2.66. The first kappa shape index (κ1) is 12.8. The SMILES string of the molecule is COc1ccc2c3c1OC1C(O)=CCC4C(C2)[NH+](C)CCC314. The third-order valence-electron chi connectivity index (χ3n) is 6.60. The molecule has 22 heavy (non-hydrogen) atoms. The highest BCUT2D eigenvalue weighted by Gasteiger charge is 2.65. The zero-order chi connectivity index (χ0) is 15.1. The summed E-state index contributed by atoms with van der Waals surface area (Å²) < 4.78 is 11.8. The van der Waals surface area contributed by atoms with Crippen molar-refractivity contribution < 1.29 is 19.5 Å². The monoisotopic (exact) mass is 300 g/mol. The van der Waals surface area contributed by atoms with Crippen LogP contribution >= 0.6 is 0 Å². The number of likely N-dealkylation sites (N-methyl/N-ethyl adjacent to an activating group) is 1. The van der Waals surface area contributed by atoms with Gasteiger partial charge in [0.15, 0.2) is 17.6 Å². The van der Waals surface area contributed by atoms with E-state index in [1.54, 1.807) is 12.0 Å². The normalized spacial score (nSPS) is 40.5. The molecule has 1 aromatic rings. The second kappa shape index (κ2) is 3.99. The van der Waals surface area contributed by atoms with Crippen molar-refractivity contribution in [3.63, 3.8) is 0 Å². The van der Waals surface area contributed by atoms with Gasteiger partial charge in [0, 0.05) is 24.3 Å². The summed E-state index contributed by atoms with van der Waals surface area (Å²) >= 11 is 0. The average molecular weight is 300 g/mol. The Morgan fingerprint density at radius 2 is 2.27 bits per heavy atom. The van der Waals surface area contributed by atoms with Crippen LogP contribution in [0.2, 0.25) is 0 Å². The zero-order valence-corrected chi connectivity index (χ0v) is 13.1. The number of aliphatic hydroxyl groups excluding tert-OH is 1. The van der Waals surface area contributed by atoms with Crippen LogP contribution in [0.5, 0.6) is 11.5 Å². The van der Waals surface area contributed by atoms with Crippen molar-refractivity contribution in [2.45, 2.75) is 36.8 Å². The summed E-state index contributed by atoms with van der Waals surface area (Å²) in [5.41, 5.74) is 2.69. The molecule has 1 saturated heterocycles. The van der Waals surface area contributed by atoms with Crippen LogP contribution in [0.4, 0.5) is 0 Å². The Kier molecular flexibility index (Phi) is 2.32. The summed E-state index contributed by atoms with van der Waals surface area (Å²) in [7, 11) is 4.01. The molecule has 2 bridgehead atoms. The van der Waals surface area contributed by atoms with E-state index in [9.17, 15) is 5.11 Å². The molecule has 4 heteroatoms. The lowest BCUT2D eigenvalue weighted by atomic mass is 9.53.